The quantitative estimate of drug-likeness (QED) is 0.879. The number of fused-ring (bicyclic) bond motifs is 2. The highest BCUT2D eigenvalue weighted by Gasteiger charge is 2.21. The lowest BCUT2D eigenvalue weighted by Crippen LogP contribution is -2.22. The van der Waals surface area contributed by atoms with Crippen molar-refractivity contribution in [1.29, 1.82) is 0 Å². The topological polar surface area (TPSA) is 74.4 Å². The third kappa shape index (κ3) is 3.26. The second-order valence-electron chi connectivity index (χ2n) is 6.73. The number of hydrogen-bond donors (Lipinski definition) is 2. The van der Waals surface area contributed by atoms with Crippen LogP contribution in [0.4, 0.5) is 0 Å². The maximum absolute atomic E-state index is 9.80. The van der Waals surface area contributed by atoms with Crippen molar-refractivity contribution in [3.05, 3.63) is 33.0 Å². The van der Waals surface area contributed by atoms with Crippen LogP contribution in [-0.4, -0.2) is 43.0 Å². The number of aromatic nitrogens is 3. The fourth-order valence-electron chi connectivity index (χ4n) is 3.61. The molecule has 130 valence electrons. The Bertz CT molecular complexity index is 688. The summed E-state index contributed by atoms with van der Waals surface area (Å²) in [7, 11) is 0. The monoisotopic (exact) mass is 348 g/mol. The molecule has 3 heterocycles. The van der Waals surface area contributed by atoms with E-state index in [1.807, 2.05) is 22.1 Å². The van der Waals surface area contributed by atoms with E-state index in [1.165, 1.54) is 34.8 Å². The van der Waals surface area contributed by atoms with Crippen LogP contribution in [0.1, 0.15) is 52.3 Å². The second kappa shape index (κ2) is 6.92. The summed E-state index contributed by atoms with van der Waals surface area (Å²) in [6.07, 6.45) is 5.06. The Kier molecular flexibility index (Phi) is 4.67. The molecule has 1 aliphatic carbocycles. The molecule has 0 unspecified atom stereocenters. The van der Waals surface area contributed by atoms with Crippen LogP contribution in [-0.2, 0) is 32.5 Å². The molecule has 1 aliphatic heterocycles. The number of hydrogen-bond acceptors (Lipinski definition) is 6. The molecule has 1 atom stereocenters. The molecular formula is C17H24N4O2S. The molecule has 7 heteroatoms. The second-order valence-corrected chi connectivity index (χ2v) is 7.90. The van der Waals surface area contributed by atoms with Crippen LogP contribution in [0.15, 0.2) is 6.07 Å². The third-order valence-electron chi connectivity index (χ3n) is 4.88. The average Bonchev–Trinajstić information content (AvgIpc) is 3.13. The van der Waals surface area contributed by atoms with Gasteiger partial charge in [-0.05, 0) is 38.2 Å². The fraction of sp³-hybridized carbons (Fsp3) is 0.647. The van der Waals surface area contributed by atoms with Gasteiger partial charge in [0.25, 0.3) is 0 Å². The first-order valence-electron chi connectivity index (χ1n) is 8.78. The zero-order valence-corrected chi connectivity index (χ0v) is 14.6. The van der Waals surface area contributed by atoms with Gasteiger partial charge in [-0.3, -0.25) is 9.58 Å². The Hall–Kier alpha value is -1.28. The zero-order chi connectivity index (χ0) is 16.5. The van der Waals surface area contributed by atoms with Crippen LogP contribution < -0.4 is 0 Å². The van der Waals surface area contributed by atoms with Crippen molar-refractivity contribution in [2.45, 2.75) is 57.8 Å². The van der Waals surface area contributed by atoms with Crippen LogP contribution in [0.2, 0.25) is 0 Å². The van der Waals surface area contributed by atoms with Crippen molar-refractivity contribution in [2.24, 2.45) is 0 Å². The van der Waals surface area contributed by atoms with Gasteiger partial charge in [0.05, 0.1) is 30.2 Å². The van der Waals surface area contributed by atoms with E-state index in [-0.39, 0.29) is 6.61 Å². The summed E-state index contributed by atoms with van der Waals surface area (Å²) in [4.78, 5) is 8.77. The summed E-state index contributed by atoms with van der Waals surface area (Å²) in [5.41, 5.74) is 3.00. The molecule has 24 heavy (non-hydrogen) atoms. The van der Waals surface area contributed by atoms with E-state index in [4.69, 9.17) is 10.1 Å². The Morgan fingerprint density at radius 2 is 2.08 bits per heavy atom. The van der Waals surface area contributed by atoms with Crippen LogP contribution in [0, 0.1) is 0 Å². The summed E-state index contributed by atoms with van der Waals surface area (Å²) in [5, 5.41) is 24.6. The third-order valence-corrected chi connectivity index (χ3v) is 6.02. The first-order valence-corrected chi connectivity index (χ1v) is 9.60. The summed E-state index contributed by atoms with van der Waals surface area (Å²) >= 11 is 1.88. The van der Waals surface area contributed by atoms with E-state index < -0.39 is 6.10 Å². The van der Waals surface area contributed by atoms with Crippen LogP contribution in [0.5, 0.6) is 0 Å². The van der Waals surface area contributed by atoms with Crippen molar-refractivity contribution in [2.75, 3.05) is 13.2 Å². The molecule has 2 aromatic heterocycles. The molecule has 0 spiro atoms. The summed E-state index contributed by atoms with van der Waals surface area (Å²) in [6.45, 7) is 3.31. The minimum Gasteiger partial charge on any atom is -0.393 e. The molecule has 6 nitrogen and oxygen atoms in total. The molecule has 0 bridgehead atoms. The van der Waals surface area contributed by atoms with E-state index in [0.29, 0.717) is 5.69 Å². The van der Waals surface area contributed by atoms with Gasteiger partial charge >= 0.3 is 0 Å². The van der Waals surface area contributed by atoms with Gasteiger partial charge in [-0.25, -0.2) is 4.98 Å². The summed E-state index contributed by atoms with van der Waals surface area (Å²) in [6, 6.07) is 1.92. The first-order chi connectivity index (χ1) is 11.7. The van der Waals surface area contributed by atoms with E-state index in [1.54, 1.807) is 0 Å². The van der Waals surface area contributed by atoms with Gasteiger partial charge in [0.1, 0.15) is 11.1 Å². The van der Waals surface area contributed by atoms with Gasteiger partial charge in [0.15, 0.2) is 0 Å². The molecule has 0 saturated carbocycles. The minimum absolute atomic E-state index is 0.287. The van der Waals surface area contributed by atoms with Crippen molar-refractivity contribution in [3.8, 4) is 0 Å². The summed E-state index contributed by atoms with van der Waals surface area (Å²) < 4.78 is 1.97. The van der Waals surface area contributed by atoms with Crippen molar-refractivity contribution >= 4 is 11.3 Å². The van der Waals surface area contributed by atoms with E-state index in [2.05, 4.69) is 10.00 Å². The Labute approximate surface area is 145 Å². The first kappa shape index (κ1) is 16.2. The number of rotatable bonds is 4. The number of nitrogens with zero attached hydrogens (tertiary/aromatic N) is 4. The lowest BCUT2D eigenvalue weighted by atomic mass is 10.0. The van der Waals surface area contributed by atoms with Crippen LogP contribution in [0.3, 0.4) is 0 Å². The number of aryl methyl sites for hydroxylation is 3. The normalized spacial score (nSPS) is 19.6. The highest BCUT2D eigenvalue weighted by atomic mass is 32.1. The molecule has 0 saturated heterocycles. The summed E-state index contributed by atoms with van der Waals surface area (Å²) in [5.74, 6) is 0. The molecule has 0 aromatic carbocycles. The maximum atomic E-state index is 9.80. The SMILES string of the molecule is OC[C@H](O)c1cc2n(n1)CCCN(Cc1nc3c(s1)CCCC3)C2. The van der Waals surface area contributed by atoms with E-state index >= 15 is 0 Å². The Balaban J connectivity index is 1.48. The predicted octanol–water partition coefficient (Wildman–Crippen LogP) is 1.65. The van der Waals surface area contributed by atoms with Crippen molar-refractivity contribution in [3.63, 3.8) is 0 Å². The minimum atomic E-state index is -0.886. The maximum Gasteiger partial charge on any atom is 0.121 e. The largest absolute Gasteiger partial charge is 0.393 e. The van der Waals surface area contributed by atoms with Gasteiger partial charge in [-0.15, -0.1) is 11.3 Å². The lowest BCUT2D eigenvalue weighted by molar-refractivity contribution is 0.0916. The highest BCUT2D eigenvalue weighted by molar-refractivity contribution is 7.11. The molecular weight excluding hydrogens is 324 g/mol. The Morgan fingerprint density at radius 3 is 2.92 bits per heavy atom. The smallest absolute Gasteiger partial charge is 0.121 e. The van der Waals surface area contributed by atoms with E-state index in [9.17, 15) is 5.11 Å². The molecule has 0 amide bonds. The molecule has 2 aliphatic rings. The van der Waals surface area contributed by atoms with Gasteiger partial charge in [-0.2, -0.15) is 5.10 Å². The predicted molar refractivity (Wildman–Crippen MR) is 91.8 cm³/mol. The fourth-order valence-corrected chi connectivity index (χ4v) is 4.81. The molecule has 2 N–H and O–H groups in total. The van der Waals surface area contributed by atoms with Gasteiger partial charge in [0, 0.05) is 24.5 Å². The molecule has 4 rings (SSSR count). The number of aliphatic hydroxyl groups excluding tert-OH is 2. The molecule has 0 fully saturated rings. The number of aliphatic hydroxyl groups is 2. The lowest BCUT2D eigenvalue weighted by Gasteiger charge is -2.17. The van der Waals surface area contributed by atoms with Gasteiger partial charge in [-0.1, -0.05) is 0 Å². The van der Waals surface area contributed by atoms with Crippen LogP contribution >= 0.6 is 11.3 Å². The van der Waals surface area contributed by atoms with Crippen LogP contribution in [0.25, 0.3) is 0 Å². The average molecular weight is 348 g/mol. The Morgan fingerprint density at radius 1 is 1.21 bits per heavy atom. The highest BCUT2D eigenvalue weighted by Crippen LogP contribution is 2.28. The van der Waals surface area contributed by atoms with Crippen molar-refractivity contribution < 1.29 is 10.2 Å². The van der Waals surface area contributed by atoms with Crippen molar-refractivity contribution in [1.82, 2.24) is 19.7 Å². The van der Waals surface area contributed by atoms with Gasteiger partial charge in [0.2, 0.25) is 0 Å². The van der Waals surface area contributed by atoms with E-state index in [0.717, 1.165) is 44.7 Å². The standard InChI is InChI=1S/C17H24N4O2S/c22-11-15(23)14-8-12-9-20(6-3-7-21(12)19-14)10-17-18-13-4-1-2-5-16(13)24-17/h8,15,22-23H,1-7,9-11H2/t15-/m0/s1. The molecule has 2 aromatic rings. The molecule has 0 radical (unpaired) electrons. The van der Waals surface area contributed by atoms with Gasteiger partial charge < -0.3 is 10.2 Å². The number of thiazole rings is 1. The zero-order valence-electron chi connectivity index (χ0n) is 13.8.